The lowest BCUT2D eigenvalue weighted by Crippen LogP contribution is -2.41. The molecule has 0 unspecified atom stereocenters. The van der Waals surface area contributed by atoms with Gasteiger partial charge in [0, 0.05) is 30.7 Å². The van der Waals surface area contributed by atoms with Crippen molar-refractivity contribution in [2.45, 2.75) is 32.7 Å². The molecular weight excluding hydrogens is 446 g/mol. The maximum absolute atomic E-state index is 13.6. The van der Waals surface area contributed by atoms with Crippen molar-refractivity contribution in [3.8, 4) is 10.6 Å². The van der Waals surface area contributed by atoms with Crippen LogP contribution in [0.5, 0.6) is 0 Å². The highest BCUT2D eigenvalue weighted by Gasteiger charge is 2.29. The van der Waals surface area contributed by atoms with Crippen LogP contribution in [0, 0.1) is 5.92 Å². The molecule has 4 heterocycles. The van der Waals surface area contributed by atoms with Crippen LogP contribution in [-0.4, -0.2) is 44.6 Å². The Kier molecular flexibility index (Phi) is 6.15. The zero-order valence-corrected chi connectivity index (χ0v) is 20.1. The molecule has 7 nitrogen and oxygen atoms in total. The normalized spacial score (nSPS) is 14.6. The van der Waals surface area contributed by atoms with Crippen molar-refractivity contribution in [2.24, 2.45) is 5.92 Å². The van der Waals surface area contributed by atoms with E-state index in [1.54, 1.807) is 17.5 Å². The van der Waals surface area contributed by atoms with Crippen molar-refractivity contribution >= 4 is 39.9 Å². The van der Waals surface area contributed by atoms with E-state index in [4.69, 9.17) is 4.98 Å². The first-order chi connectivity index (χ1) is 16.5. The second-order valence-electron chi connectivity index (χ2n) is 8.87. The number of carbonyl (C=O) groups is 2. The second-order valence-corrected chi connectivity index (χ2v) is 9.82. The summed E-state index contributed by atoms with van der Waals surface area (Å²) in [6.45, 7) is 5.20. The Labute approximate surface area is 202 Å². The van der Waals surface area contributed by atoms with Gasteiger partial charge in [0.25, 0.3) is 5.91 Å². The van der Waals surface area contributed by atoms with E-state index in [2.05, 4.69) is 24.3 Å². The van der Waals surface area contributed by atoms with Crippen molar-refractivity contribution < 1.29 is 9.59 Å². The minimum atomic E-state index is -0.105. The van der Waals surface area contributed by atoms with Crippen LogP contribution in [0.2, 0.25) is 0 Å². The maximum atomic E-state index is 13.6. The third kappa shape index (κ3) is 4.33. The molecule has 0 radical (unpaired) electrons. The van der Waals surface area contributed by atoms with Gasteiger partial charge in [0.15, 0.2) is 5.65 Å². The van der Waals surface area contributed by atoms with Crippen molar-refractivity contribution in [3.63, 3.8) is 0 Å². The number of piperidine rings is 1. The summed E-state index contributed by atoms with van der Waals surface area (Å²) in [7, 11) is 0. The predicted molar refractivity (Wildman–Crippen MR) is 135 cm³/mol. The lowest BCUT2D eigenvalue weighted by atomic mass is 9.95. The number of nitrogens with zero attached hydrogens (tertiary/aromatic N) is 4. The molecule has 1 saturated heterocycles. The maximum Gasteiger partial charge on any atom is 0.254 e. The summed E-state index contributed by atoms with van der Waals surface area (Å²) in [5.74, 6) is -0.120. The Bertz CT molecular complexity index is 1310. The number of fused-ring (bicyclic) bond motifs is 1. The zero-order chi connectivity index (χ0) is 23.7. The van der Waals surface area contributed by atoms with Gasteiger partial charge in [0.1, 0.15) is 0 Å². The minimum Gasteiger partial charge on any atom is -0.339 e. The van der Waals surface area contributed by atoms with Gasteiger partial charge in [-0.2, -0.15) is 5.10 Å². The monoisotopic (exact) mass is 473 g/mol. The number of aromatic nitrogens is 3. The molecule has 0 spiro atoms. The molecule has 0 atom stereocenters. The van der Waals surface area contributed by atoms with Crippen molar-refractivity contribution in [3.05, 3.63) is 65.7 Å². The van der Waals surface area contributed by atoms with Gasteiger partial charge in [-0.1, -0.05) is 24.3 Å². The van der Waals surface area contributed by atoms with Crippen LogP contribution in [0.3, 0.4) is 0 Å². The van der Waals surface area contributed by atoms with Gasteiger partial charge >= 0.3 is 0 Å². The molecule has 1 aliphatic rings. The summed E-state index contributed by atoms with van der Waals surface area (Å²) >= 11 is 1.60. The molecule has 1 N–H and O–H groups in total. The largest absolute Gasteiger partial charge is 0.339 e. The quantitative estimate of drug-likeness (QED) is 0.430. The van der Waals surface area contributed by atoms with Crippen molar-refractivity contribution in [1.82, 2.24) is 19.7 Å². The van der Waals surface area contributed by atoms with Crippen LogP contribution in [0.25, 0.3) is 21.6 Å². The van der Waals surface area contributed by atoms with E-state index in [-0.39, 0.29) is 23.8 Å². The van der Waals surface area contributed by atoms with Gasteiger partial charge in [-0.25, -0.2) is 9.67 Å². The standard InChI is InChI=1S/C26H27N5O2S/c1-17(2)31-24-21(16-27-31)20(15-22(29-24)23-9-6-14-34-23)26(33)30-12-10-18(11-13-30)25(32)28-19-7-4-3-5-8-19/h3-9,14-18H,10-13H2,1-2H3,(H,28,32). The molecule has 0 saturated carbocycles. The minimum absolute atomic E-state index is 0.0165. The number of carbonyl (C=O) groups excluding carboxylic acids is 2. The van der Waals surface area contributed by atoms with E-state index in [9.17, 15) is 9.59 Å². The van der Waals surface area contributed by atoms with Crippen molar-refractivity contribution in [2.75, 3.05) is 18.4 Å². The number of anilines is 1. The van der Waals surface area contributed by atoms with E-state index >= 15 is 0 Å². The Hall–Kier alpha value is -3.52. The number of thiophene rings is 1. The van der Waals surface area contributed by atoms with Gasteiger partial charge < -0.3 is 10.2 Å². The van der Waals surface area contributed by atoms with Gasteiger partial charge in [-0.05, 0) is 56.3 Å². The Morgan fingerprint density at radius 1 is 1.09 bits per heavy atom. The fraction of sp³-hybridized carbons (Fsp3) is 0.308. The van der Waals surface area contributed by atoms with Crippen LogP contribution >= 0.6 is 11.3 Å². The fourth-order valence-electron chi connectivity index (χ4n) is 4.40. The number of para-hydroxylation sites is 1. The smallest absolute Gasteiger partial charge is 0.254 e. The summed E-state index contributed by atoms with van der Waals surface area (Å²) in [4.78, 5) is 34.1. The molecule has 0 aliphatic carbocycles. The third-order valence-electron chi connectivity index (χ3n) is 6.25. The van der Waals surface area contributed by atoms with E-state index in [1.807, 2.05) is 63.5 Å². The van der Waals surface area contributed by atoms with Crippen LogP contribution in [0.1, 0.15) is 43.1 Å². The first-order valence-electron chi connectivity index (χ1n) is 11.6. The lowest BCUT2D eigenvalue weighted by Gasteiger charge is -2.31. The molecule has 8 heteroatoms. The van der Waals surface area contributed by atoms with Crippen molar-refractivity contribution in [1.29, 1.82) is 0 Å². The zero-order valence-electron chi connectivity index (χ0n) is 19.3. The van der Waals surface area contributed by atoms with Gasteiger partial charge in [0.05, 0.1) is 27.7 Å². The number of benzene rings is 1. The van der Waals surface area contributed by atoms with Crippen LogP contribution in [0.4, 0.5) is 5.69 Å². The molecular formula is C26H27N5O2S. The molecule has 34 heavy (non-hydrogen) atoms. The highest BCUT2D eigenvalue weighted by Crippen LogP contribution is 2.30. The second kappa shape index (κ2) is 9.38. The number of rotatable bonds is 5. The molecule has 2 amide bonds. The number of likely N-dealkylation sites (tertiary alicyclic amines) is 1. The summed E-state index contributed by atoms with van der Waals surface area (Å²) in [6, 6.07) is 15.5. The molecule has 3 aromatic heterocycles. The molecule has 1 aromatic carbocycles. The molecule has 4 aromatic rings. The van der Waals surface area contributed by atoms with Crippen LogP contribution in [0.15, 0.2) is 60.1 Å². The number of nitrogens with one attached hydrogen (secondary N) is 1. The topological polar surface area (TPSA) is 80.1 Å². The number of hydrogen-bond donors (Lipinski definition) is 1. The van der Waals surface area contributed by atoms with E-state index in [1.165, 1.54) is 0 Å². The van der Waals surface area contributed by atoms with E-state index in [0.717, 1.165) is 27.3 Å². The van der Waals surface area contributed by atoms with Gasteiger partial charge in [-0.15, -0.1) is 11.3 Å². The van der Waals surface area contributed by atoms with Gasteiger partial charge in [-0.3, -0.25) is 9.59 Å². The Morgan fingerprint density at radius 3 is 2.53 bits per heavy atom. The predicted octanol–water partition coefficient (Wildman–Crippen LogP) is 5.23. The number of amides is 2. The first-order valence-corrected chi connectivity index (χ1v) is 12.5. The molecule has 0 bridgehead atoms. The van der Waals surface area contributed by atoms with Crippen LogP contribution in [-0.2, 0) is 4.79 Å². The van der Waals surface area contributed by atoms with E-state index < -0.39 is 0 Å². The van der Waals surface area contributed by atoms with Gasteiger partial charge in [0.2, 0.25) is 5.91 Å². The Morgan fingerprint density at radius 2 is 1.85 bits per heavy atom. The fourth-order valence-corrected chi connectivity index (χ4v) is 5.09. The summed E-state index contributed by atoms with van der Waals surface area (Å²) in [6.07, 6.45) is 3.02. The molecule has 174 valence electrons. The average molecular weight is 474 g/mol. The molecule has 1 fully saturated rings. The summed E-state index contributed by atoms with van der Waals surface area (Å²) < 4.78 is 1.86. The highest BCUT2D eigenvalue weighted by molar-refractivity contribution is 7.13. The van der Waals surface area contributed by atoms with Crippen LogP contribution < -0.4 is 5.32 Å². The first kappa shape index (κ1) is 22.3. The summed E-state index contributed by atoms with van der Waals surface area (Å²) in [5.41, 5.74) is 2.92. The average Bonchev–Trinajstić information content (AvgIpc) is 3.54. The molecule has 5 rings (SSSR count). The number of hydrogen-bond acceptors (Lipinski definition) is 5. The van der Waals surface area contributed by atoms with E-state index in [0.29, 0.717) is 31.5 Å². The Balaban J connectivity index is 1.37. The highest BCUT2D eigenvalue weighted by atomic mass is 32.1. The number of pyridine rings is 1. The lowest BCUT2D eigenvalue weighted by molar-refractivity contribution is -0.121. The molecule has 1 aliphatic heterocycles. The third-order valence-corrected chi connectivity index (χ3v) is 7.15. The SMILES string of the molecule is CC(C)n1ncc2c(C(=O)N3CCC(C(=O)Nc4ccccc4)CC3)cc(-c3cccs3)nc21. The summed E-state index contributed by atoms with van der Waals surface area (Å²) in [5, 5.41) is 10.3.